The minimum atomic E-state index is -0.330. The fraction of sp³-hybridized carbons (Fsp3) is 0.172. The standard InChI is InChI=1S/C29H28N4O3/c1-18(2)36-24-15-11-22(12-16-24)28-17-26(25-7-5-6-8-27(25)31-28)29(35)33-32-19(3)21-9-13-23(14-10-21)30-20(4)34/h5-18H,1-4H3,(H,30,34)(H,33,35)/b32-19-. The molecule has 36 heavy (non-hydrogen) atoms. The number of para-hydroxylation sites is 1. The molecular weight excluding hydrogens is 452 g/mol. The fourth-order valence-electron chi connectivity index (χ4n) is 3.75. The highest BCUT2D eigenvalue weighted by molar-refractivity contribution is 6.08. The van der Waals surface area contributed by atoms with E-state index in [0.717, 1.165) is 27.8 Å². The highest BCUT2D eigenvalue weighted by Gasteiger charge is 2.14. The quantitative estimate of drug-likeness (QED) is 0.258. The number of nitrogens with zero attached hydrogens (tertiary/aromatic N) is 2. The number of hydrogen-bond donors (Lipinski definition) is 2. The summed E-state index contributed by atoms with van der Waals surface area (Å²) in [6.07, 6.45) is 0.0871. The van der Waals surface area contributed by atoms with Crippen molar-refractivity contribution in [3.63, 3.8) is 0 Å². The molecule has 0 saturated carbocycles. The predicted molar refractivity (Wildman–Crippen MR) is 143 cm³/mol. The third-order valence-electron chi connectivity index (χ3n) is 5.43. The molecule has 0 bridgehead atoms. The van der Waals surface area contributed by atoms with E-state index in [4.69, 9.17) is 9.72 Å². The van der Waals surface area contributed by atoms with Crippen LogP contribution in [0.1, 0.15) is 43.6 Å². The van der Waals surface area contributed by atoms with E-state index in [1.54, 1.807) is 18.2 Å². The van der Waals surface area contributed by atoms with Gasteiger partial charge in [-0.1, -0.05) is 30.3 Å². The summed E-state index contributed by atoms with van der Waals surface area (Å²) in [5.41, 5.74) is 7.60. The molecule has 4 rings (SSSR count). The maximum Gasteiger partial charge on any atom is 0.272 e. The number of amides is 2. The zero-order valence-corrected chi connectivity index (χ0v) is 20.7. The van der Waals surface area contributed by atoms with E-state index in [9.17, 15) is 9.59 Å². The fourth-order valence-corrected chi connectivity index (χ4v) is 3.75. The van der Waals surface area contributed by atoms with Crippen molar-refractivity contribution < 1.29 is 14.3 Å². The van der Waals surface area contributed by atoms with E-state index in [1.165, 1.54) is 6.92 Å². The molecule has 0 spiro atoms. The molecule has 182 valence electrons. The molecule has 3 aromatic carbocycles. The Hall–Kier alpha value is -4.52. The van der Waals surface area contributed by atoms with E-state index >= 15 is 0 Å². The molecule has 7 nitrogen and oxygen atoms in total. The Labute approximate surface area is 210 Å². The van der Waals surface area contributed by atoms with Gasteiger partial charge in [0.15, 0.2) is 0 Å². The number of nitrogens with one attached hydrogen (secondary N) is 2. The maximum atomic E-state index is 13.2. The summed E-state index contributed by atoms with van der Waals surface area (Å²) in [6, 6.07) is 24.2. The molecule has 0 aliphatic rings. The van der Waals surface area contributed by atoms with Gasteiger partial charge in [-0.15, -0.1) is 0 Å². The van der Waals surface area contributed by atoms with Gasteiger partial charge in [-0.25, -0.2) is 10.4 Å². The second-order valence-electron chi connectivity index (χ2n) is 8.66. The third-order valence-corrected chi connectivity index (χ3v) is 5.43. The molecule has 0 radical (unpaired) electrons. The number of carbonyl (C=O) groups excluding carboxylic acids is 2. The molecule has 0 aliphatic carbocycles. The van der Waals surface area contributed by atoms with Gasteiger partial charge in [-0.2, -0.15) is 5.10 Å². The number of carbonyl (C=O) groups is 2. The molecule has 1 aromatic heterocycles. The number of ether oxygens (including phenoxy) is 1. The summed E-state index contributed by atoms with van der Waals surface area (Å²) in [7, 11) is 0. The smallest absolute Gasteiger partial charge is 0.272 e. The van der Waals surface area contributed by atoms with Crippen LogP contribution in [-0.4, -0.2) is 28.6 Å². The Bertz CT molecular complexity index is 1430. The number of hydrazone groups is 1. The monoisotopic (exact) mass is 480 g/mol. The van der Waals surface area contributed by atoms with Gasteiger partial charge in [-0.3, -0.25) is 9.59 Å². The van der Waals surface area contributed by atoms with Crippen LogP contribution in [0.3, 0.4) is 0 Å². The normalized spacial score (nSPS) is 11.4. The lowest BCUT2D eigenvalue weighted by molar-refractivity contribution is -0.114. The Morgan fingerprint density at radius 2 is 1.61 bits per heavy atom. The Balaban J connectivity index is 1.60. The summed E-state index contributed by atoms with van der Waals surface area (Å²) in [6.45, 7) is 7.23. The Morgan fingerprint density at radius 1 is 0.917 bits per heavy atom. The topological polar surface area (TPSA) is 92.7 Å². The van der Waals surface area contributed by atoms with Gasteiger partial charge in [0.25, 0.3) is 5.91 Å². The molecule has 4 aromatic rings. The van der Waals surface area contributed by atoms with E-state index in [-0.39, 0.29) is 17.9 Å². The minimum absolute atomic E-state index is 0.0871. The number of aromatic nitrogens is 1. The molecule has 0 unspecified atom stereocenters. The second kappa shape index (κ2) is 10.8. The van der Waals surface area contributed by atoms with Crippen LogP contribution in [-0.2, 0) is 4.79 Å². The van der Waals surface area contributed by atoms with Gasteiger partial charge in [-0.05, 0) is 74.9 Å². The third kappa shape index (κ3) is 5.93. The van der Waals surface area contributed by atoms with Crippen molar-refractivity contribution in [2.45, 2.75) is 33.8 Å². The average molecular weight is 481 g/mol. The summed E-state index contributed by atoms with van der Waals surface area (Å²) in [5.74, 6) is 0.315. The number of hydrogen-bond acceptors (Lipinski definition) is 5. The van der Waals surface area contributed by atoms with E-state index in [1.807, 2.05) is 81.4 Å². The summed E-state index contributed by atoms with van der Waals surface area (Å²) in [5, 5.41) is 7.77. The van der Waals surface area contributed by atoms with Crippen molar-refractivity contribution in [3.8, 4) is 17.0 Å². The lowest BCUT2D eigenvalue weighted by atomic mass is 10.0. The first-order valence-electron chi connectivity index (χ1n) is 11.7. The zero-order chi connectivity index (χ0) is 25.7. The highest BCUT2D eigenvalue weighted by atomic mass is 16.5. The van der Waals surface area contributed by atoms with Crippen LogP contribution >= 0.6 is 0 Å². The van der Waals surface area contributed by atoms with E-state index < -0.39 is 0 Å². The summed E-state index contributed by atoms with van der Waals surface area (Å²) in [4.78, 5) is 29.2. The van der Waals surface area contributed by atoms with Gasteiger partial charge in [0, 0.05) is 23.6 Å². The van der Waals surface area contributed by atoms with Crippen molar-refractivity contribution in [1.29, 1.82) is 0 Å². The van der Waals surface area contributed by atoms with Crippen molar-refractivity contribution in [3.05, 3.63) is 90.0 Å². The molecule has 7 heteroatoms. The van der Waals surface area contributed by atoms with Crippen LogP contribution in [0.15, 0.2) is 84.0 Å². The number of anilines is 1. The van der Waals surface area contributed by atoms with Crippen LogP contribution in [0.5, 0.6) is 5.75 Å². The first-order chi connectivity index (χ1) is 17.3. The maximum absolute atomic E-state index is 13.2. The largest absolute Gasteiger partial charge is 0.491 e. The van der Waals surface area contributed by atoms with Crippen LogP contribution in [0.25, 0.3) is 22.2 Å². The molecule has 1 heterocycles. The molecule has 0 aliphatic heterocycles. The minimum Gasteiger partial charge on any atom is -0.491 e. The molecule has 0 fully saturated rings. The first-order valence-corrected chi connectivity index (χ1v) is 11.7. The molecular formula is C29H28N4O3. The lowest BCUT2D eigenvalue weighted by Gasteiger charge is -2.12. The number of rotatable bonds is 7. The Kier molecular flexibility index (Phi) is 7.39. The molecule has 0 atom stereocenters. The SMILES string of the molecule is CC(=O)Nc1ccc(/C(C)=N\NC(=O)c2cc(-c3ccc(OC(C)C)cc3)nc3ccccc23)cc1. The van der Waals surface area contributed by atoms with Crippen LogP contribution in [0.2, 0.25) is 0 Å². The zero-order valence-electron chi connectivity index (χ0n) is 20.7. The van der Waals surface area contributed by atoms with Gasteiger partial charge < -0.3 is 10.1 Å². The summed E-state index contributed by atoms with van der Waals surface area (Å²) >= 11 is 0. The van der Waals surface area contributed by atoms with Crippen LogP contribution in [0, 0.1) is 0 Å². The van der Waals surface area contributed by atoms with Crippen LogP contribution < -0.4 is 15.5 Å². The first kappa shape index (κ1) is 24.6. The number of pyridine rings is 1. The molecule has 0 saturated heterocycles. The molecule has 2 N–H and O–H groups in total. The van der Waals surface area contributed by atoms with E-state index in [2.05, 4.69) is 15.8 Å². The van der Waals surface area contributed by atoms with Crippen LogP contribution in [0.4, 0.5) is 5.69 Å². The van der Waals surface area contributed by atoms with Crippen molar-refractivity contribution in [1.82, 2.24) is 10.4 Å². The number of fused-ring (bicyclic) bond motifs is 1. The molecule has 2 amide bonds. The van der Waals surface area contributed by atoms with Gasteiger partial charge in [0.1, 0.15) is 5.75 Å². The van der Waals surface area contributed by atoms with Crippen molar-refractivity contribution >= 4 is 34.1 Å². The summed E-state index contributed by atoms with van der Waals surface area (Å²) < 4.78 is 5.73. The van der Waals surface area contributed by atoms with E-state index in [0.29, 0.717) is 22.7 Å². The van der Waals surface area contributed by atoms with Gasteiger partial charge >= 0.3 is 0 Å². The second-order valence-corrected chi connectivity index (χ2v) is 8.66. The van der Waals surface area contributed by atoms with Gasteiger partial charge in [0.05, 0.1) is 28.6 Å². The predicted octanol–water partition coefficient (Wildman–Crippen LogP) is 5.80. The average Bonchev–Trinajstić information content (AvgIpc) is 2.86. The number of benzene rings is 3. The lowest BCUT2D eigenvalue weighted by Crippen LogP contribution is -2.20. The highest BCUT2D eigenvalue weighted by Crippen LogP contribution is 2.26. The van der Waals surface area contributed by atoms with Crippen molar-refractivity contribution in [2.24, 2.45) is 5.10 Å². The Morgan fingerprint density at radius 3 is 2.28 bits per heavy atom. The van der Waals surface area contributed by atoms with Crippen molar-refractivity contribution in [2.75, 3.05) is 5.32 Å². The van der Waals surface area contributed by atoms with Gasteiger partial charge in [0.2, 0.25) is 5.91 Å².